The van der Waals surface area contributed by atoms with Gasteiger partial charge in [-0.3, -0.25) is 9.69 Å². The first kappa shape index (κ1) is 16.8. The highest BCUT2D eigenvalue weighted by atomic mass is 35.5. The summed E-state index contributed by atoms with van der Waals surface area (Å²) in [5.74, 6) is -0.0341. The van der Waals surface area contributed by atoms with Crippen molar-refractivity contribution < 1.29 is 4.79 Å². The molecule has 0 aromatic heterocycles. The third-order valence-corrected chi connectivity index (χ3v) is 4.53. The quantitative estimate of drug-likeness (QED) is 0.898. The molecule has 1 N–H and O–H groups in total. The molecule has 2 rings (SSSR count). The van der Waals surface area contributed by atoms with Crippen LogP contribution in [-0.4, -0.2) is 29.9 Å². The zero-order chi connectivity index (χ0) is 15.9. The number of halogens is 1. The van der Waals surface area contributed by atoms with Gasteiger partial charge in [0.25, 0.3) is 0 Å². The summed E-state index contributed by atoms with van der Waals surface area (Å²) in [4.78, 5) is 14.5. The topological polar surface area (TPSA) is 56.1 Å². The van der Waals surface area contributed by atoms with Crippen LogP contribution in [0.1, 0.15) is 44.6 Å². The van der Waals surface area contributed by atoms with Gasteiger partial charge in [-0.05, 0) is 37.6 Å². The molecule has 1 aromatic rings. The lowest BCUT2D eigenvalue weighted by Crippen LogP contribution is -2.41. The Hall–Kier alpha value is -1.57. The van der Waals surface area contributed by atoms with Crippen LogP contribution in [0, 0.1) is 11.3 Å². The molecule has 118 valence electrons. The van der Waals surface area contributed by atoms with E-state index in [1.807, 2.05) is 6.07 Å². The van der Waals surface area contributed by atoms with E-state index < -0.39 is 0 Å². The maximum Gasteiger partial charge on any atom is 0.238 e. The largest absolute Gasteiger partial charge is 0.325 e. The number of carbonyl (C=O) groups excluding carboxylic acids is 1. The van der Waals surface area contributed by atoms with Crippen LogP contribution in [0.5, 0.6) is 0 Å². The van der Waals surface area contributed by atoms with E-state index in [0.717, 1.165) is 6.54 Å². The molecule has 0 bridgehead atoms. The smallest absolute Gasteiger partial charge is 0.238 e. The highest BCUT2D eigenvalue weighted by Crippen LogP contribution is 2.23. The Morgan fingerprint density at radius 1 is 1.41 bits per heavy atom. The summed E-state index contributed by atoms with van der Waals surface area (Å²) >= 11 is 5.98. The Kier molecular flexibility index (Phi) is 6.23. The highest BCUT2D eigenvalue weighted by molar-refractivity contribution is 6.32. The van der Waals surface area contributed by atoms with E-state index in [2.05, 4.69) is 17.1 Å². The number of anilines is 1. The Morgan fingerprint density at radius 2 is 2.14 bits per heavy atom. The number of hydrogen-bond donors (Lipinski definition) is 1. The average Bonchev–Trinajstić information content (AvgIpc) is 2.53. The predicted octanol–water partition coefficient (Wildman–Crippen LogP) is 3.80. The van der Waals surface area contributed by atoms with Crippen LogP contribution in [-0.2, 0) is 4.79 Å². The third kappa shape index (κ3) is 4.46. The Bertz CT molecular complexity index is 562. The summed E-state index contributed by atoms with van der Waals surface area (Å²) in [6.07, 6.45) is 6.19. The molecule has 0 saturated heterocycles. The number of likely N-dealkylation sites (N-methyl/N-ethyl adjacent to an activating group) is 1. The van der Waals surface area contributed by atoms with Gasteiger partial charge in [-0.15, -0.1) is 0 Å². The van der Waals surface area contributed by atoms with Crippen molar-refractivity contribution in [2.75, 3.05) is 18.4 Å². The summed E-state index contributed by atoms with van der Waals surface area (Å²) < 4.78 is 0. The number of nitrogens with one attached hydrogen (secondary N) is 1. The summed E-state index contributed by atoms with van der Waals surface area (Å²) in [6, 6.07) is 7.48. The van der Waals surface area contributed by atoms with Gasteiger partial charge in [0.15, 0.2) is 0 Å². The molecule has 1 aliphatic rings. The van der Waals surface area contributed by atoms with Gasteiger partial charge >= 0.3 is 0 Å². The number of rotatable bonds is 5. The second kappa shape index (κ2) is 8.17. The van der Waals surface area contributed by atoms with Crippen molar-refractivity contribution in [2.24, 2.45) is 0 Å². The second-order valence-electron chi connectivity index (χ2n) is 5.71. The van der Waals surface area contributed by atoms with Crippen LogP contribution in [0.2, 0.25) is 5.02 Å². The molecule has 0 spiro atoms. The SMILES string of the molecule is CCN(CC(=O)Nc1ccc(C#N)c(Cl)c1)C1CCCCC1. The molecule has 1 saturated carbocycles. The Morgan fingerprint density at radius 3 is 2.73 bits per heavy atom. The van der Waals surface area contributed by atoms with Crippen molar-refractivity contribution in [3.8, 4) is 6.07 Å². The molecular formula is C17H22ClN3O. The van der Waals surface area contributed by atoms with Crippen LogP contribution >= 0.6 is 11.6 Å². The van der Waals surface area contributed by atoms with E-state index in [4.69, 9.17) is 16.9 Å². The van der Waals surface area contributed by atoms with Crippen LogP contribution in [0.3, 0.4) is 0 Å². The van der Waals surface area contributed by atoms with Crippen molar-refractivity contribution in [1.82, 2.24) is 4.90 Å². The predicted molar refractivity (Wildman–Crippen MR) is 88.9 cm³/mol. The van der Waals surface area contributed by atoms with Crippen LogP contribution < -0.4 is 5.32 Å². The van der Waals surface area contributed by atoms with Crippen LogP contribution in [0.25, 0.3) is 0 Å². The number of amides is 1. The molecule has 1 aliphatic carbocycles. The molecule has 1 fully saturated rings. The minimum Gasteiger partial charge on any atom is -0.325 e. The highest BCUT2D eigenvalue weighted by Gasteiger charge is 2.21. The van der Waals surface area contributed by atoms with Gasteiger partial charge in [-0.2, -0.15) is 5.26 Å². The van der Waals surface area contributed by atoms with Gasteiger partial charge in [-0.1, -0.05) is 37.8 Å². The van der Waals surface area contributed by atoms with Gasteiger partial charge in [0.05, 0.1) is 17.1 Å². The van der Waals surface area contributed by atoms with Crippen molar-refractivity contribution in [1.29, 1.82) is 5.26 Å². The molecule has 0 unspecified atom stereocenters. The van der Waals surface area contributed by atoms with Crippen molar-refractivity contribution in [3.05, 3.63) is 28.8 Å². The lowest BCUT2D eigenvalue weighted by atomic mass is 9.94. The molecule has 22 heavy (non-hydrogen) atoms. The van der Waals surface area contributed by atoms with E-state index >= 15 is 0 Å². The second-order valence-corrected chi connectivity index (χ2v) is 6.12. The number of benzene rings is 1. The van der Waals surface area contributed by atoms with Crippen LogP contribution in [0.4, 0.5) is 5.69 Å². The summed E-state index contributed by atoms with van der Waals surface area (Å²) in [7, 11) is 0. The van der Waals surface area contributed by atoms with E-state index in [1.165, 1.54) is 32.1 Å². The maximum atomic E-state index is 12.2. The standard InChI is InChI=1S/C17H22ClN3O/c1-2-21(15-6-4-3-5-7-15)12-17(22)20-14-9-8-13(11-19)16(18)10-14/h8-10,15H,2-7,12H2,1H3,(H,20,22). The Labute approximate surface area is 137 Å². The van der Waals surface area contributed by atoms with Gasteiger partial charge < -0.3 is 5.32 Å². The summed E-state index contributed by atoms with van der Waals surface area (Å²) in [5, 5.41) is 12.1. The molecule has 1 amide bonds. The fourth-order valence-electron chi connectivity index (χ4n) is 3.01. The fourth-order valence-corrected chi connectivity index (χ4v) is 3.24. The monoisotopic (exact) mass is 319 g/mol. The minimum absolute atomic E-state index is 0.0341. The fraction of sp³-hybridized carbons (Fsp3) is 0.529. The first-order valence-electron chi connectivity index (χ1n) is 7.87. The number of hydrogen-bond acceptors (Lipinski definition) is 3. The zero-order valence-electron chi connectivity index (χ0n) is 12.9. The Balaban J connectivity index is 1.93. The van der Waals surface area contributed by atoms with Crippen molar-refractivity contribution in [2.45, 2.75) is 45.1 Å². The number of carbonyl (C=O) groups is 1. The summed E-state index contributed by atoms with van der Waals surface area (Å²) in [5.41, 5.74) is 1.05. The van der Waals surface area contributed by atoms with Crippen LogP contribution in [0.15, 0.2) is 18.2 Å². The summed E-state index contributed by atoms with van der Waals surface area (Å²) in [6.45, 7) is 3.38. The minimum atomic E-state index is -0.0341. The normalized spacial score (nSPS) is 15.5. The molecule has 0 radical (unpaired) electrons. The van der Waals surface area contributed by atoms with E-state index in [1.54, 1.807) is 18.2 Å². The van der Waals surface area contributed by atoms with E-state index in [0.29, 0.717) is 28.9 Å². The lowest BCUT2D eigenvalue weighted by Gasteiger charge is -2.32. The first-order chi connectivity index (χ1) is 10.6. The average molecular weight is 320 g/mol. The molecule has 0 atom stereocenters. The van der Waals surface area contributed by atoms with Crippen molar-refractivity contribution >= 4 is 23.2 Å². The molecule has 0 aliphatic heterocycles. The molecule has 0 heterocycles. The van der Waals surface area contributed by atoms with E-state index in [9.17, 15) is 4.79 Å². The molecule has 1 aromatic carbocycles. The van der Waals surface area contributed by atoms with Gasteiger partial charge in [0.1, 0.15) is 6.07 Å². The zero-order valence-corrected chi connectivity index (χ0v) is 13.7. The first-order valence-corrected chi connectivity index (χ1v) is 8.25. The molecule has 5 heteroatoms. The van der Waals surface area contributed by atoms with Crippen molar-refractivity contribution in [3.63, 3.8) is 0 Å². The van der Waals surface area contributed by atoms with Gasteiger partial charge in [0.2, 0.25) is 5.91 Å². The number of nitrogens with zero attached hydrogens (tertiary/aromatic N) is 2. The molecular weight excluding hydrogens is 298 g/mol. The number of nitriles is 1. The van der Waals surface area contributed by atoms with Gasteiger partial charge in [0, 0.05) is 11.7 Å². The van der Waals surface area contributed by atoms with Gasteiger partial charge in [-0.25, -0.2) is 0 Å². The van der Waals surface area contributed by atoms with E-state index in [-0.39, 0.29) is 5.91 Å². The third-order valence-electron chi connectivity index (χ3n) is 4.22. The maximum absolute atomic E-state index is 12.2. The molecule has 4 nitrogen and oxygen atoms in total. The lowest BCUT2D eigenvalue weighted by molar-refractivity contribution is -0.118.